The van der Waals surface area contributed by atoms with Gasteiger partial charge in [0.05, 0.1) is 13.2 Å². The third kappa shape index (κ3) is 5.19. The zero-order chi connectivity index (χ0) is 22.5. The van der Waals surface area contributed by atoms with E-state index in [1.165, 1.54) is 24.3 Å². The van der Waals surface area contributed by atoms with Crippen molar-refractivity contribution in [3.63, 3.8) is 0 Å². The molecule has 1 aliphatic heterocycles. The molecule has 4 rings (SSSR count). The average Bonchev–Trinajstić information content (AvgIpc) is 2.81. The number of morpholine rings is 1. The lowest BCUT2D eigenvalue weighted by molar-refractivity contribution is 0.0342. The van der Waals surface area contributed by atoms with Crippen molar-refractivity contribution < 1.29 is 19.0 Å². The Kier molecular flexibility index (Phi) is 6.58. The molecule has 0 bridgehead atoms. The lowest BCUT2D eigenvalue weighted by atomic mass is 10.1. The first-order valence-electron chi connectivity index (χ1n) is 10.2. The number of halogens is 1. The van der Waals surface area contributed by atoms with Crippen molar-refractivity contribution in [2.45, 2.75) is 13.1 Å². The normalized spacial score (nSPS) is 14.3. The summed E-state index contributed by atoms with van der Waals surface area (Å²) >= 11 is 0. The lowest BCUT2D eigenvalue weighted by Gasteiger charge is -2.26. The van der Waals surface area contributed by atoms with Gasteiger partial charge in [0, 0.05) is 31.7 Å². The molecule has 0 atom stereocenters. The first-order chi connectivity index (χ1) is 15.5. The van der Waals surface area contributed by atoms with Crippen LogP contribution in [0.4, 0.5) is 4.39 Å². The van der Waals surface area contributed by atoms with E-state index in [0.717, 1.165) is 25.2 Å². The smallest absolute Gasteiger partial charge is 0.294 e. The summed E-state index contributed by atoms with van der Waals surface area (Å²) in [5, 5.41) is 12.7. The molecule has 9 heteroatoms. The lowest BCUT2D eigenvalue weighted by Crippen LogP contribution is -2.35. The number of carbonyl (C=O) groups is 1. The Morgan fingerprint density at radius 3 is 2.66 bits per heavy atom. The molecule has 1 aromatic heterocycles. The van der Waals surface area contributed by atoms with Gasteiger partial charge in [-0.3, -0.25) is 14.5 Å². The van der Waals surface area contributed by atoms with E-state index in [0.29, 0.717) is 24.3 Å². The van der Waals surface area contributed by atoms with E-state index in [9.17, 15) is 19.1 Å². The zero-order valence-electron chi connectivity index (χ0n) is 17.3. The summed E-state index contributed by atoms with van der Waals surface area (Å²) in [5.74, 6) is -1.66. The third-order valence-electron chi connectivity index (χ3n) is 5.19. The molecule has 32 heavy (non-hydrogen) atoms. The van der Waals surface area contributed by atoms with E-state index in [-0.39, 0.29) is 23.9 Å². The maximum Gasteiger partial charge on any atom is 0.294 e. The van der Waals surface area contributed by atoms with Crippen molar-refractivity contribution in [1.82, 2.24) is 20.2 Å². The Morgan fingerprint density at radius 1 is 1.16 bits per heavy atom. The highest BCUT2D eigenvalue weighted by molar-refractivity contribution is 5.95. The van der Waals surface area contributed by atoms with Crippen LogP contribution in [0.5, 0.6) is 5.75 Å². The molecule has 1 aliphatic rings. The average molecular weight is 438 g/mol. The first-order valence-corrected chi connectivity index (χ1v) is 10.2. The maximum absolute atomic E-state index is 13.0. The minimum absolute atomic E-state index is 0.0946. The molecule has 1 saturated heterocycles. The number of hydrogen-bond donors (Lipinski definition) is 3. The molecule has 1 fully saturated rings. The summed E-state index contributed by atoms with van der Waals surface area (Å²) in [6, 6.07) is 13.1. The van der Waals surface area contributed by atoms with Crippen LogP contribution in [0.2, 0.25) is 0 Å². The molecule has 166 valence electrons. The van der Waals surface area contributed by atoms with Crippen molar-refractivity contribution in [3.8, 4) is 17.1 Å². The summed E-state index contributed by atoms with van der Waals surface area (Å²) in [5.41, 5.74) is 1.15. The van der Waals surface area contributed by atoms with Gasteiger partial charge in [-0.25, -0.2) is 9.37 Å². The molecule has 2 heterocycles. The fourth-order valence-corrected chi connectivity index (χ4v) is 3.46. The summed E-state index contributed by atoms with van der Waals surface area (Å²) < 4.78 is 18.4. The van der Waals surface area contributed by atoms with Crippen LogP contribution in [-0.4, -0.2) is 52.2 Å². The van der Waals surface area contributed by atoms with Gasteiger partial charge < -0.3 is 20.1 Å². The van der Waals surface area contributed by atoms with Crippen molar-refractivity contribution in [2.24, 2.45) is 0 Å². The predicted octanol–water partition coefficient (Wildman–Crippen LogP) is 2.04. The highest BCUT2D eigenvalue weighted by atomic mass is 19.1. The number of amides is 1. The van der Waals surface area contributed by atoms with Gasteiger partial charge in [0.2, 0.25) is 5.75 Å². The second-order valence-electron chi connectivity index (χ2n) is 7.51. The largest absolute Gasteiger partial charge is 0.501 e. The van der Waals surface area contributed by atoms with E-state index >= 15 is 0 Å². The number of aromatic hydroxyl groups is 1. The van der Waals surface area contributed by atoms with Crippen molar-refractivity contribution in [3.05, 3.63) is 81.5 Å². The topological polar surface area (TPSA) is 108 Å². The Morgan fingerprint density at radius 2 is 1.91 bits per heavy atom. The van der Waals surface area contributed by atoms with Gasteiger partial charge in [0.25, 0.3) is 11.5 Å². The molecule has 8 nitrogen and oxygen atoms in total. The van der Waals surface area contributed by atoms with Crippen LogP contribution < -0.4 is 10.9 Å². The number of ether oxygens (including phenoxy) is 1. The molecule has 1 amide bonds. The molecule has 3 aromatic rings. The number of nitrogens with one attached hydrogen (secondary N) is 2. The summed E-state index contributed by atoms with van der Waals surface area (Å²) in [6.45, 7) is 3.90. The van der Waals surface area contributed by atoms with Crippen LogP contribution in [0.15, 0.2) is 53.3 Å². The minimum Gasteiger partial charge on any atom is -0.501 e. The molecule has 2 aromatic carbocycles. The van der Waals surface area contributed by atoms with E-state index in [1.54, 1.807) is 6.07 Å². The zero-order valence-corrected chi connectivity index (χ0v) is 17.3. The highest BCUT2D eigenvalue weighted by Crippen LogP contribution is 2.20. The third-order valence-corrected chi connectivity index (χ3v) is 5.19. The van der Waals surface area contributed by atoms with Gasteiger partial charge in [-0.2, -0.15) is 0 Å². The van der Waals surface area contributed by atoms with Gasteiger partial charge in [0.1, 0.15) is 11.6 Å². The molecule has 0 radical (unpaired) electrons. The van der Waals surface area contributed by atoms with Gasteiger partial charge in [-0.1, -0.05) is 30.3 Å². The first kappa shape index (κ1) is 21.7. The number of carbonyl (C=O) groups excluding carboxylic acids is 1. The number of aromatic nitrogens is 2. The van der Waals surface area contributed by atoms with Gasteiger partial charge >= 0.3 is 0 Å². The molecule has 0 unspecified atom stereocenters. The number of hydrogen-bond acceptors (Lipinski definition) is 6. The molecular formula is C23H23FN4O4. The monoisotopic (exact) mass is 438 g/mol. The number of aromatic amines is 1. The fraction of sp³-hybridized carbons (Fsp3) is 0.261. The van der Waals surface area contributed by atoms with Crippen LogP contribution >= 0.6 is 0 Å². The Labute approximate surface area is 183 Å². The quantitative estimate of drug-likeness (QED) is 0.544. The maximum atomic E-state index is 13.0. The van der Waals surface area contributed by atoms with Crippen molar-refractivity contribution in [1.29, 1.82) is 0 Å². The second-order valence-corrected chi connectivity index (χ2v) is 7.51. The Bertz CT molecular complexity index is 1160. The summed E-state index contributed by atoms with van der Waals surface area (Å²) in [6.07, 6.45) is 0. The SMILES string of the molecule is O=C(NCc1ccc(F)cc1)c1nc(-c2cccc(CN3CCOCC3)c2)[nH]c(=O)c1O. The molecular weight excluding hydrogens is 415 g/mol. The number of H-pyrrole nitrogens is 1. The highest BCUT2D eigenvalue weighted by Gasteiger charge is 2.19. The molecule has 0 aliphatic carbocycles. The van der Waals surface area contributed by atoms with E-state index in [2.05, 4.69) is 20.2 Å². The van der Waals surface area contributed by atoms with Crippen LogP contribution in [0.3, 0.4) is 0 Å². The van der Waals surface area contributed by atoms with E-state index < -0.39 is 17.2 Å². The van der Waals surface area contributed by atoms with Crippen molar-refractivity contribution >= 4 is 5.91 Å². The number of nitrogens with zero attached hydrogens (tertiary/aromatic N) is 2. The van der Waals surface area contributed by atoms with E-state index in [1.807, 2.05) is 18.2 Å². The van der Waals surface area contributed by atoms with Gasteiger partial charge in [0.15, 0.2) is 5.69 Å². The van der Waals surface area contributed by atoms with Gasteiger partial charge in [-0.15, -0.1) is 0 Å². The van der Waals surface area contributed by atoms with Crippen LogP contribution in [0, 0.1) is 5.82 Å². The van der Waals surface area contributed by atoms with Crippen molar-refractivity contribution in [2.75, 3.05) is 26.3 Å². The molecule has 0 saturated carbocycles. The number of rotatable bonds is 6. The van der Waals surface area contributed by atoms with Crippen LogP contribution in [-0.2, 0) is 17.8 Å². The summed E-state index contributed by atoms with van der Waals surface area (Å²) in [7, 11) is 0. The predicted molar refractivity (Wildman–Crippen MR) is 116 cm³/mol. The van der Waals surface area contributed by atoms with Crippen LogP contribution in [0.25, 0.3) is 11.4 Å². The Balaban J connectivity index is 1.54. The molecule has 0 spiro atoms. The Hall–Kier alpha value is -3.56. The second kappa shape index (κ2) is 9.71. The van der Waals surface area contributed by atoms with Crippen LogP contribution in [0.1, 0.15) is 21.6 Å². The standard InChI is InChI=1S/C23H23FN4O4/c24-18-6-4-15(5-7-18)13-25-22(30)19-20(29)23(31)27-21(26-19)17-3-1-2-16(12-17)14-28-8-10-32-11-9-28/h1-7,12,29H,8-11,13-14H2,(H,25,30)(H,26,27,31). The number of benzene rings is 2. The van der Waals surface area contributed by atoms with Gasteiger partial charge in [-0.05, 0) is 29.3 Å². The summed E-state index contributed by atoms with van der Waals surface area (Å²) in [4.78, 5) is 33.9. The van der Waals surface area contributed by atoms with E-state index in [4.69, 9.17) is 4.74 Å². The minimum atomic E-state index is -0.805. The molecule has 3 N–H and O–H groups in total. The fourth-order valence-electron chi connectivity index (χ4n) is 3.46.